The molecule has 2 rings (SSSR count). The van der Waals surface area contributed by atoms with Crippen LogP contribution in [0.4, 0.5) is 48.7 Å². The van der Waals surface area contributed by atoms with Gasteiger partial charge in [-0.2, -0.15) is 39.5 Å². The van der Waals surface area contributed by atoms with Gasteiger partial charge in [0.15, 0.2) is 0 Å². The number of pyridine rings is 1. The summed E-state index contributed by atoms with van der Waals surface area (Å²) in [6.07, 6.45) is -14.2. The third-order valence-corrected chi connectivity index (χ3v) is 4.16. The zero-order valence-electron chi connectivity index (χ0n) is 15.8. The zero-order valence-corrected chi connectivity index (χ0v) is 15.8. The second kappa shape index (κ2) is 8.82. The first-order chi connectivity index (χ1) is 14.5. The second-order valence-corrected chi connectivity index (χ2v) is 6.49. The summed E-state index contributed by atoms with van der Waals surface area (Å²) in [7, 11) is 0. The number of nitrogens with zero attached hydrogens (tertiary/aromatic N) is 1. The minimum Gasteiger partial charge on any atom is -0.327 e. The number of carbonyl (C=O) groups is 1. The number of halogens is 10. The number of nitrogens with one attached hydrogen (secondary N) is 2. The van der Waals surface area contributed by atoms with Gasteiger partial charge in [-0.3, -0.25) is 4.98 Å². The summed E-state index contributed by atoms with van der Waals surface area (Å²) < 4.78 is 131. The van der Waals surface area contributed by atoms with Crippen molar-refractivity contribution in [3.05, 3.63) is 64.7 Å². The minimum absolute atomic E-state index is 0.218. The van der Waals surface area contributed by atoms with Gasteiger partial charge in [0.2, 0.25) is 0 Å². The van der Waals surface area contributed by atoms with Crippen molar-refractivity contribution in [2.24, 2.45) is 0 Å². The minimum atomic E-state index is -5.12. The number of alkyl halides is 9. The second-order valence-electron chi connectivity index (χ2n) is 6.49. The molecule has 176 valence electrons. The van der Waals surface area contributed by atoms with Gasteiger partial charge in [-0.25, -0.2) is 9.18 Å². The van der Waals surface area contributed by atoms with Crippen LogP contribution in [-0.2, 0) is 12.4 Å². The number of urea groups is 1. The van der Waals surface area contributed by atoms with Crippen LogP contribution in [0.25, 0.3) is 0 Å². The molecular weight excluding hydrogens is 464 g/mol. The monoisotopic (exact) mass is 477 g/mol. The Morgan fingerprint density at radius 1 is 0.906 bits per heavy atom. The topological polar surface area (TPSA) is 54.0 Å². The van der Waals surface area contributed by atoms with Gasteiger partial charge >= 0.3 is 24.6 Å². The van der Waals surface area contributed by atoms with Gasteiger partial charge in [0.1, 0.15) is 11.9 Å². The van der Waals surface area contributed by atoms with Crippen LogP contribution in [0.1, 0.15) is 35.3 Å². The summed E-state index contributed by atoms with van der Waals surface area (Å²) in [5.41, 5.74) is -4.75. The van der Waals surface area contributed by atoms with Gasteiger partial charge in [0.25, 0.3) is 0 Å². The van der Waals surface area contributed by atoms with E-state index in [0.717, 1.165) is 12.3 Å². The average Bonchev–Trinajstić information content (AvgIpc) is 2.63. The first-order valence-electron chi connectivity index (χ1n) is 8.54. The highest BCUT2D eigenvalue weighted by Gasteiger charge is 2.40. The maximum atomic E-state index is 14.0. The lowest BCUT2D eigenvalue weighted by Crippen LogP contribution is -2.48. The Balaban J connectivity index is 2.55. The van der Waals surface area contributed by atoms with Crippen LogP contribution in [0, 0.1) is 5.82 Å². The highest BCUT2D eigenvalue weighted by atomic mass is 19.4. The van der Waals surface area contributed by atoms with Crippen molar-refractivity contribution in [2.75, 3.05) is 0 Å². The Hall–Kier alpha value is -3.06. The number of hydrogen-bond donors (Lipinski definition) is 2. The van der Waals surface area contributed by atoms with E-state index in [0.29, 0.717) is 19.1 Å². The summed E-state index contributed by atoms with van der Waals surface area (Å²) in [5.74, 6) is -1.87. The molecular formula is C18H13F10N3O. The van der Waals surface area contributed by atoms with Crippen LogP contribution in [0.3, 0.4) is 0 Å². The van der Waals surface area contributed by atoms with Crippen molar-refractivity contribution in [1.82, 2.24) is 15.6 Å². The molecule has 0 spiro atoms. The molecule has 0 aliphatic carbocycles. The number of hydrogen-bond acceptors (Lipinski definition) is 2. The fraction of sp³-hybridized carbons (Fsp3) is 0.333. The molecule has 0 radical (unpaired) electrons. The molecule has 0 fully saturated rings. The molecule has 32 heavy (non-hydrogen) atoms. The van der Waals surface area contributed by atoms with Gasteiger partial charge in [-0.1, -0.05) is 6.07 Å². The quantitative estimate of drug-likeness (QED) is 0.564. The first kappa shape index (κ1) is 25.2. The molecule has 2 N–H and O–H groups in total. The van der Waals surface area contributed by atoms with Crippen LogP contribution in [0.15, 0.2) is 36.5 Å². The van der Waals surface area contributed by atoms with E-state index >= 15 is 0 Å². The molecule has 0 saturated heterocycles. The summed E-state index contributed by atoms with van der Waals surface area (Å²) in [6, 6.07) is -3.63. The summed E-state index contributed by atoms with van der Waals surface area (Å²) in [5, 5.41) is 3.23. The van der Waals surface area contributed by atoms with E-state index in [1.165, 1.54) is 5.32 Å². The fourth-order valence-corrected chi connectivity index (χ4v) is 2.59. The number of benzene rings is 1. The molecule has 2 atom stereocenters. The van der Waals surface area contributed by atoms with Crippen molar-refractivity contribution in [3.8, 4) is 0 Å². The van der Waals surface area contributed by atoms with Gasteiger partial charge in [-0.05, 0) is 36.8 Å². The van der Waals surface area contributed by atoms with Crippen molar-refractivity contribution in [3.63, 3.8) is 0 Å². The predicted molar refractivity (Wildman–Crippen MR) is 89.7 cm³/mol. The number of carbonyl (C=O) groups excluding carboxylic acids is 1. The fourth-order valence-electron chi connectivity index (χ4n) is 2.59. The summed E-state index contributed by atoms with van der Waals surface area (Å²) >= 11 is 0. The van der Waals surface area contributed by atoms with E-state index in [4.69, 9.17) is 0 Å². The van der Waals surface area contributed by atoms with Crippen molar-refractivity contribution < 1.29 is 48.7 Å². The Bertz CT molecular complexity index is 969. The Labute approximate surface area is 173 Å². The van der Waals surface area contributed by atoms with E-state index in [1.54, 1.807) is 5.32 Å². The lowest BCUT2D eigenvalue weighted by Gasteiger charge is -2.24. The van der Waals surface area contributed by atoms with E-state index in [-0.39, 0.29) is 12.1 Å². The van der Waals surface area contributed by atoms with E-state index < -0.39 is 64.8 Å². The van der Waals surface area contributed by atoms with Crippen LogP contribution in [0.2, 0.25) is 0 Å². The molecule has 1 unspecified atom stereocenters. The molecule has 0 aliphatic rings. The van der Waals surface area contributed by atoms with E-state index in [1.807, 2.05) is 0 Å². The molecule has 14 heteroatoms. The summed E-state index contributed by atoms with van der Waals surface area (Å²) in [6.45, 7) is 0.550. The lowest BCUT2D eigenvalue weighted by atomic mass is 9.97. The van der Waals surface area contributed by atoms with Crippen molar-refractivity contribution >= 4 is 6.03 Å². The summed E-state index contributed by atoms with van der Waals surface area (Å²) in [4.78, 5) is 15.5. The smallest absolute Gasteiger partial charge is 0.327 e. The lowest BCUT2D eigenvalue weighted by molar-refractivity contribution is -0.148. The van der Waals surface area contributed by atoms with Gasteiger partial charge < -0.3 is 10.6 Å². The Kier molecular flexibility index (Phi) is 6.95. The van der Waals surface area contributed by atoms with Crippen LogP contribution < -0.4 is 10.6 Å². The first-order valence-corrected chi connectivity index (χ1v) is 8.54. The molecule has 1 heterocycles. The molecule has 4 nitrogen and oxygen atoms in total. The molecule has 1 aromatic heterocycles. The molecule has 0 bridgehead atoms. The predicted octanol–water partition coefficient (Wildman–Crippen LogP) is 5.60. The van der Waals surface area contributed by atoms with E-state index in [2.05, 4.69) is 4.98 Å². The van der Waals surface area contributed by atoms with E-state index in [9.17, 15) is 48.7 Å². The third-order valence-electron chi connectivity index (χ3n) is 4.16. The largest absolute Gasteiger partial charge is 0.419 e. The normalized spacial score (nSPS) is 14.6. The van der Waals surface area contributed by atoms with Crippen LogP contribution in [0.5, 0.6) is 0 Å². The number of rotatable bonds is 4. The average molecular weight is 477 g/mol. The van der Waals surface area contributed by atoms with Gasteiger partial charge in [0.05, 0.1) is 22.9 Å². The standard InChI is InChI=1S/C18H13F10N3O/c1-8(16(20,21)22)30-15(32)31-13(14-11(18(26,27)28)3-2-6-29-14)9-4-5-10(12(19)7-9)17(23,24)25/h2-8,13H,1H3,(H2,30,31,32)/t8-,13?/m0/s1. The third kappa shape index (κ3) is 6.01. The van der Waals surface area contributed by atoms with Crippen molar-refractivity contribution in [1.29, 1.82) is 0 Å². The molecule has 1 aromatic carbocycles. The van der Waals surface area contributed by atoms with Crippen LogP contribution >= 0.6 is 0 Å². The Morgan fingerprint density at radius 3 is 2.00 bits per heavy atom. The van der Waals surface area contributed by atoms with Crippen molar-refractivity contribution in [2.45, 2.75) is 37.5 Å². The highest BCUT2D eigenvalue weighted by Crippen LogP contribution is 2.37. The maximum Gasteiger partial charge on any atom is 0.419 e. The highest BCUT2D eigenvalue weighted by molar-refractivity contribution is 5.75. The molecule has 0 aliphatic heterocycles. The number of aromatic nitrogens is 1. The van der Waals surface area contributed by atoms with Gasteiger partial charge in [0, 0.05) is 6.20 Å². The number of amides is 2. The van der Waals surface area contributed by atoms with Gasteiger partial charge in [-0.15, -0.1) is 0 Å². The SMILES string of the molecule is C[C@H](NC(=O)NC(c1ccc(C(F)(F)F)c(F)c1)c1ncccc1C(F)(F)F)C(F)(F)F. The molecule has 2 amide bonds. The zero-order chi connectivity index (χ0) is 24.5. The maximum absolute atomic E-state index is 14.0. The molecule has 2 aromatic rings. The van der Waals surface area contributed by atoms with Crippen LogP contribution in [-0.4, -0.2) is 23.2 Å². The Morgan fingerprint density at radius 2 is 1.50 bits per heavy atom. The molecule has 0 saturated carbocycles.